The van der Waals surface area contributed by atoms with E-state index < -0.39 is 0 Å². The van der Waals surface area contributed by atoms with Crippen LogP contribution in [-0.2, 0) is 6.42 Å². The molecule has 0 aromatic carbocycles. The molecule has 0 atom stereocenters. The normalized spacial score (nSPS) is 10.2. The minimum atomic E-state index is -0.200. The monoisotopic (exact) mass is 326 g/mol. The molecule has 0 aliphatic rings. The largest absolute Gasteiger partial charge is 0.352 e. The Morgan fingerprint density at radius 3 is 2.62 bits per heavy atom. The highest BCUT2D eigenvalue weighted by Crippen LogP contribution is 2.06. The number of rotatable bonds is 7. The van der Waals surface area contributed by atoms with Crippen LogP contribution in [-0.4, -0.2) is 46.8 Å². The second-order valence-corrected chi connectivity index (χ2v) is 5.52. The van der Waals surface area contributed by atoms with E-state index in [1.54, 1.807) is 30.4 Å². The van der Waals surface area contributed by atoms with Crippen LogP contribution in [0.3, 0.4) is 0 Å². The zero-order chi connectivity index (χ0) is 17.4. The summed E-state index contributed by atoms with van der Waals surface area (Å²) in [5, 5.41) is 2.79. The molecule has 2 amide bonds. The fourth-order valence-corrected chi connectivity index (χ4v) is 2.17. The molecule has 6 heteroatoms. The summed E-state index contributed by atoms with van der Waals surface area (Å²) in [6, 6.07) is 7.00. The van der Waals surface area contributed by atoms with Gasteiger partial charge in [-0.2, -0.15) is 0 Å². The fraction of sp³-hybridized carbons (Fsp3) is 0.333. The van der Waals surface area contributed by atoms with Crippen molar-refractivity contribution in [3.05, 3.63) is 59.7 Å². The summed E-state index contributed by atoms with van der Waals surface area (Å²) < 4.78 is 0. The van der Waals surface area contributed by atoms with Crippen LogP contribution in [0.15, 0.2) is 42.9 Å². The minimum absolute atomic E-state index is 0.187. The second kappa shape index (κ2) is 8.76. The van der Waals surface area contributed by atoms with Crippen LogP contribution in [0.25, 0.3) is 0 Å². The lowest BCUT2D eigenvalue weighted by Gasteiger charge is -2.17. The molecule has 2 aromatic heterocycles. The lowest BCUT2D eigenvalue weighted by molar-refractivity contribution is 0.0791. The standard InChI is InChI=1S/C18H22N4O2/c1-3-8-21-17(23)15-6-11-20-16(13-15)18(24)22(2)12-7-14-4-9-19-10-5-14/h4-6,9-11,13H,3,7-8,12H2,1-2H3,(H,21,23). The lowest BCUT2D eigenvalue weighted by Crippen LogP contribution is -2.30. The number of aromatic nitrogens is 2. The Labute approximate surface area is 141 Å². The number of nitrogens with zero attached hydrogens (tertiary/aromatic N) is 3. The van der Waals surface area contributed by atoms with E-state index in [9.17, 15) is 9.59 Å². The first kappa shape index (κ1) is 17.6. The van der Waals surface area contributed by atoms with E-state index in [0.717, 1.165) is 18.4 Å². The van der Waals surface area contributed by atoms with Gasteiger partial charge < -0.3 is 10.2 Å². The van der Waals surface area contributed by atoms with Crippen molar-refractivity contribution in [2.45, 2.75) is 19.8 Å². The fourth-order valence-electron chi connectivity index (χ4n) is 2.17. The molecular weight excluding hydrogens is 304 g/mol. The number of hydrogen-bond donors (Lipinski definition) is 1. The van der Waals surface area contributed by atoms with Crippen molar-refractivity contribution in [3.8, 4) is 0 Å². The van der Waals surface area contributed by atoms with Gasteiger partial charge in [0.15, 0.2) is 0 Å². The van der Waals surface area contributed by atoms with Gasteiger partial charge in [-0.15, -0.1) is 0 Å². The minimum Gasteiger partial charge on any atom is -0.352 e. The van der Waals surface area contributed by atoms with Crippen LogP contribution < -0.4 is 5.32 Å². The van der Waals surface area contributed by atoms with Gasteiger partial charge in [0, 0.05) is 44.3 Å². The van der Waals surface area contributed by atoms with Gasteiger partial charge in [-0.05, 0) is 42.7 Å². The van der Waals surface area contributed by atoms with Gasteiger partial charge in [0.1, 0.15) is 5.69 Å². The zero-order valence-corrected chi connectivity index (χ0v) is 14.0. The third-order valence-electron chi connectivity index (χ3n) is 3.61. The Balaban J connectivity index is 1.99. The Morgan fingerprint density at radius 1 is 1.17 bits per heavy atom. The molecule has 0 spiro atoms. The van der Waals surface area contributed by atoms with E-state index in [1.165, 1.54) is 12.3 Å². The van der Waals surface area contributed by atoms with E-state index in [2.05, 4.69) is 15.3 Å². The molecule has 0 unspecified atom stereocenters. The molecule has 126 valence electrons. The molecule has 2 aromatic rings. The molecule has 0 aliphatic carbocycles. The highest BCUT2D eigenvalue weighted by molar-refractivity contribution is 5.98. The first-order chi connectivity index (χ1) is 11.6. The predicted molar refractivity (Wildman–Crippen MR) is 91.8 cm³/mol. The molecular formula is C18H22N4O2. The number of carbonyl (C=O) groups is 2. The Kier molecular flexibility index (Phi) is 6.42. The molecule has 0 saturated heterocycles. The first-order valence-electron chi connectivity index (χ1n) is 8.00. The lowest BCUT2D eigenvalue weighted by atomic mass is 10.1. The van der Waals surface area contributed by atoms with Crippen molar-refractivity contribution < 1.29 is 9.59 Å². The van der Waals surface area contributed by atoms with Crippen LogP contribution in [0.4, 0.5) is 0 Å². The summed E-state index contributed by atoms with van der Waals surface area (Å²) >= 11 is 0. The summed E-state index contributed by atoms with van der Waals surface area (Å²) in [6.45, 7) is 3.16. The third kappa shape index (κ3) is 4.87. The number of hydrogen-bond acceptors (Lipinski definition) is 4. The van der Waals surface area contributed by atoms with E-state index >= 15 is 0 Å². The second-order valence-electron chi connectivity index (χ2n) is 5.52. The molecule has 1 N–H and O–H groups in total. The smallest absolute Gasteiger partial charge is 0.272 e. The van der Waals surface area contributed by atoms with Crippen LogP contribution in [0.1, 0.15) is 39.8 Å². The maximum atomic E-state index is 12.5. The SMILES string of the molecule is CCCNC(=O)c1ccnc(C(=O)N(C)CCc2ccncc2)c1. The van der Waals surface area contributed by atoms with Crippen LogP contribution in [0.2, 0.25) is 0 Å². The van der Waals surface area contributed by atoms with Crippen molar-refractivity contribution in [1.29, 1.82) is 0 Å². The van der Waals surface area contributed by atoms with Crippen molar-refractivity contribution >= 4 is 11.8 Å². The van der Waals surface area contributed by atoms with Gasteiger partial charge in [0.25, 0.3) is 11.8 Å². The quantitative estimate of drug-likeness (QED) is 0.843. The van der Waals surface area contributed by atoms with Crippen molar-refractivity contribution in [3.63, 3.8) is 0 Å². The van der Waals surface area contributed by atoms with E-state index in [0.29, 0.717) is 18.7 Å². The highest BCUT2D eigenvalue weighted by Gasteiger charge is 2.15. The van der Waals surface area contributed by atoms with Crippen LogP contribution in [0, 0.1) is 0 Å². The molecule has 0 bridgehead atoms. The highest BCUT2D eigenvalue weighted by atomic mass is 16.2. The number of amides is 2. The molecule has 0 saturated carbocycles. The first-order valence-corrected chi connectivity index (χ1v) is 8.00. The summed E-state index contributed by atoms with van der Waals surface area (Å²) in [5.74, 6) is -0.387. The van der Waals surface area contributed by atoms with Crippen molar-refractivity contribution in [2.75, 3.05) is 20.1 Å². The van der Waals surface area contributed by atoms with Crippen LogP contribution >= 0.6 is 0 Å². The van der Waals surface area contributed by atoms with E-state index in [4.69, 9.17) is 0 Å². The van der Waals surface area contributed by atoms with Gasteiger partial charge in [0.2, 0.25) is 0 Å². The third-order valence-corrected chi connectivity index (χ3v) is 3.61. The molecule has 6 nitrogen and oxygen atoms in total. The van der Waals surface area contributed by atoms with Gasteiger partial charge >= 0.3 is 0 Å². The maximum Gasteiger partial charge on any atom is 0.272 e. The summed E-state index contributed by atoms with van der Waals surface area (Å²) in [6.07, 6.45) is 6.56. The van der Waals surface area contributed by atoms with E-state index in [1.807, 2.05) is 19.1 Å². The van der Waals surface area contributed by atoms with E-state index in [-0.39, 0.29) is 17.5 Å². The summed E-state index contributed by atoms with van der Waals surface area (Å²) in [4.78, 5) is 34.1. The Bertz CT molecular complexity index is 688. The maximum absolute atomic E-state index is 12.5. The van der Waals surface area contributed by atoms with Gasteiger partial charge in [-0.3, -0.25) is 19.6 Å². The molecule has 0 fully saturated rings. The average Bonchev–Trinajstić information content (AvgIpc) is 2.64. The molecule has 2 rings (SSSR count). The summed E-state index contributed by atoms with van der Waals surface area (Å²) in [7, 11) is 1.73. The van der Waals surface area contributed by atoms with Gasteiger partial charge in [-0.25, -0.2) is 0 Å². The molecule has 0 aliphatic heterocycles. The number of nitrogens with one attached hydrogen (secondary N) is 1. The number of pyridine rings is 2. The Morgan fingerprint density at radius 2 is 1.92 bits per heavy atom. The van der Waals surface area contributed by atoms with Gasteiger partial charge in [-0.1, -0.05) is 6.92 Å². The van der Waals surface area contributed by atoms with Crippen molar-refractivity contribution in [2.24, 2.45) is 0 Å². The predicted octanol–water partition coefficient (Wildman–Crippen LogP) is 1.93. The molecule has 2 heterocycles. The zero-order valence-electron chi connectivity index (χ0n) is 14.0. The van der Waals surface area contributed by atoms with Crippen molar-refractivity contribution in [1.82, 2.24) is 20.2 Å². The topological polar surface area (TPSA) is 75.2 Å². The van der Waals surface area contributed by atoms with Crippen LogP contribution in [0.5, 0.6) is 0 Å². The van der Waals surface area contributed by atoms with Gasteiger partial charge in [0.05, 0.1) is 0 Å². The molecule has 24 heavy (non-hydrogen) atoms. The number of carbonyl (C=O) groups excluding carboxylic acids is 2. The average molecular weight is 326 g/mol. The number of likely N-dealkylation sites (N-methyl/N-ethyl adjacent to an activating group) is 1. The molecule has 0 radical (unpaired) electrons. The summed E-state index contributed by atoms with van der Waals surface area (Å²) in [5.41, 5.74) is 1.84. The Hall–Kier alpha value is -2.76.